The fraction of sp³-hybridized carbons (Fsp3) is 0.312. The van der Waals surface area contributed by atoms with E-state index in [4.69, 9.17) is 15.2 Å². The van der Waals surface area contributed by atoms with Gasteiger partial charge in [0.15, 0.2) is 17.7 Å². The molecule has 0 spiro atoms. The molecule has 1 aromatic carbocycles. The number of rotatable bonds is 2. The monoisotopic (exact) mass is 347 g/mol. The maximum Gasteiger partial charge on any atom is 0.415 e. The third kappa shape index (κ3) is 2.48. The first-order valence-electron chi connectivity index (χ1n) is 7.67. The normalized spacial score (nSPS) is 24.5. The number of hydrogen-bond donors (Lipinski definition) is 1. The first kappa shape index (κ1) is 15.4. The highest BCUT2D eigenvalue weighted by molar-refractivity contribution is 5.96. The molecule has 3 heterocycles. The van der Waals surface area contributed by atoms with Gasteiger partial charge in [-0.1, -0.05) is 0 Å². The van der Waals surface area contributed by atoms with Crippen molar-refractivity contribution >= 4 is 29.2 Å². The molecule has 0 bridgehead atoms. The number of halogens is 1. The van der Waals surface area contributed by atoms with Crippen molar-refractivity contribution < 1.29 is 28.2 Å². The predicted octanol–water partition coefficient (Wildman–Crippen LogP) is 0.690. The Morgan fingerprint density at radius 2 is 2.12 bits per heavy atom. The van der Waals surface area contributed by atoms with Crippen LogP contribution in [0.5, 0.6) is 5.75 Å². The number of ether oxygens (including phenoxy) is 2. The van der Waals surface area contributed by atoms with Crippen molar-refractivity contribution in [3.05, 3.63) is 30.2 Å². The summed E-state index contributed by atoms with van der Waals surface area (Å²) in [4.78, 5) is 37.4. The van der Waals surface area contributed by atoms with Crippen LogP contribution in [0.15, 0.2) is 24.4 Å². The molecule has 1 fully saturated rings. The predicted molar refractivity (Wildman–Crippen MR) is 83.7 cm³/mol. The van der Waals surface area contributed by atoms with Crippen molar-refractivity contribution in [1.29, 1.82) is 0 Å². The van der Waals surface area contributed by atoms with Crippen molar-refractivity contribution in [2.75, 3.05) is 23.0 Å². The van der Waals surface area contributed by atoms with Gasteiger partial charge in [-0.25, -0.2) is 9.18 Å². The Balaban J connectivity index is 1.69. The molecule has 2 atom stereocenters. The van der Waals surface area contributed by atoms with Gasteiger partial charge in [0.2, 0.25) is 0 Å². The minimum atomic E-state index is -1.08. The summed E-state index contributed by atoms with van der Waals surface area (Å²) in [6.45, 7) is 0.132. The number of amides is 2. The van der Waals surface area contributed by atoms with Crippen LogP contribution in [0.1, 0.15) is 6.42 Å². The van der Waals surface area contributed by atoms with Crippen molar-refractivity contribution in [1.82, 2.24) is 0 Å². The van der Waals surface area contributed by atoms with Gasteiger partial charge in [0, 0.05) is 24.8 Å². The zero-order valence-electron chi connectivity index (χ0n) is 13.0. The number of nitrogens with two attached hydrogens (primary N) is 1. The van der Waals surface area contributed by atoms with E-state index in [0.29, 0.717) is 0 Å². The summed E-state index contributed by atoms with van der Waals surface area (Å²) in [7, 11) is 0. The van der Waals surface area contributed by atoms with Crippen LogP contribution in [0.3, 0.4) is 0 Å². The molecule has 4 rings (SSSR count). The highest BCUT2D eigenvalue weighted by Gasteiger charge is 2.38. The number of hydrogen-bond acceptors (Lipinski definition) is 6. The van der Waals surface area contributed by atoms with Gasteiger partial charge < -0.3 is 20.1 Å². The quantitative estimate of drug-likeness (QED) is 0.844. The molecule has 8 nitrogen and oxygen atoms in total. The first-order valence-corrected chi connectivity index (χ1v) is 7.67. The Labute approximate surface area is 141 Å². The topological polar surface area (TPSA) is 102 Å². The van der Waals surface area contributed by atoms with Crippen molar-refractivity contribution in [2.45, 2.75) is 18.6 Å². The van der Waals surface area contributed by atoms with Crippen LogP contribution < -0.4 is 20.3 Å². The van der Waals surface area contributed by atoms with E-state index in [1.54, 1.807) is 4.90 Å². The lowest BCUT2D eigenvalue weighted by Crippen LogP contribution is -2.43. The molecule has 0 saturated carbocycles. The van der Waals surface area contributed by atoms with Crippen molar-refractivity contribution in [2.24, 2.45) is 5.73 Å². The fourth-order valence-corrected chi connectivity index (χ4v) is 3.16. The molecule has 0 aromatic heterocycles. The highest BCUT2D eigenvalue weighted by atomic mass is 19.1. The molecular weight excluding hydrogens is 333 g/mol. The van der Waals surface area contributed by atoms with E-state index >= 15 is 0 Å². The lowest BCUT2D eigenvalue weighted by molar-refractivity contribution is -0.124. The number of allylic oxidation sites excluding steroid dienone is 1. The first-order chi connectivity index (χ1) is 11.9. The summed E-state index contributed by atoms with van der Waals surface area (Å²) in [5.74, 6) is -1.16. The lowest BCUT2D eigenvalue weighted by atomic mass is 10.0. The maximum absolute atomic E-state index is 14.7. The van der Waals surface area contributed by atoms with E-state index in [0.717, 1.165) is 4.90 Å². The molecule has 0 radical (unpaired) electrons. The van der Waals surface area contributed by atoms with Crippen LogP contribution in [-0.2, 0) is 14.3 Å². The SMILES string of the molecule is NC(=O)[C@H]1CN(c2cc(F)c3c(c2)OCC2CC(=O)C=CN32)C(=O)O1. The summed E-state index contributed by atoms with van der Waals surface area (Å²) >= 11 is 0. The second-order valence-corrected chi connectivity index (χ2v) is 6.02. The zero-order chi connectivity index (χ0) is 17.7. The van der Waals surface area contributed by atoms with E-state index in [-0.39, 0.29) is 48.5 Å². The second kappa shape index (κ2) is 5.47. The smallest absolute Gasteiger partial charge is 0.415 e. The number of anilines is 2. The number of nitrogens with zero attached hydrogens (tertiary/aromatic N) is 2. The maximum atomic E-state index is 14.7. The van der Waals surface area contributed by atoms with E-state index < -0.39 is 23.9 Å². The molecule has 2 N–H and O–H groups in total. The third-order valence-electron chi connectivity index (χ3n) is 4.39. The van der Waals surface area contributed by atoms with Gasteiger partial charge in [-0.3, -0.25) is 14.5 Å². The minimum absolute atomic E-state index is 0.0392. The molecule has 9 heteroatoms. The zero-order valence-corrected chi connectivity index (χ0v) is 13.0. The van der Waals surface area contributed by atoms with E-state index in [1.165, 1.54) is 24.4 Å². The van der Waals surface area contributed by atoms with Gasteiger partial charge in [-0.05, 0) is 6.08 Å². The molecule has 0 aliphatic carbocycles. The Morgan fingerprint density at radius 1 is 1.32 bits per heavy atom. The van der Waals surface area contributed by atoms with Crippen molar-refractivity contribution in [3.8, 4) is 5.75 Å². The largest absolute Gasteiger partial charge is 0.489 e. The fourth-order valence-electron chi connectivity index (χ4n) is 3.16. The van der Waals surface area contributed by atoms with Crippen LogP contribution in [-0.4, -0.2) is 43.1 Å². The Kier molecular flexibility index (Phi) is 3.38. The summed E-state index contributed by atoms with van der Waals surface area (Å²) in [6, 6.07) is 2.41. The second-order valence-electron chi connectivity index (χ2n) is 6.02. The van der Waals surface area contributed by atoms with Crippen LogP contribution >= 0.6 is 0 Å². The van der Waals surface area contributed by atoms with Crippen molar-refractivity contribution in [3.63, 3.8) is 0 Å². The molecule has 2 amide bonds. The lowest BCUT2D eigenvalue weighted by Gasteiger charge is -2.38. The Bertz CT molecular complexity index is 824. The molecule has 25 heavy (non-hydrogen) atoms. The number of ketones is 1. The van der Waals surface area contributed by atoms with Crippen LogP contribution in [0.25, 0.3) is 0 Å². The molecule has 130 valence electrons. The number of benzene rings is 1. The van der Waals surface area contributed by atoms with Gasteiger partial charge in [0.25, 0.3) is 5.91 Å². The number of fused-ring (bicyclic) bond motifs is 3. The summed E-state index contributed by atoms with van der Waals surface area (Å²) < 4.78 is 25.2. The molecule has 1 aromatic rings. The van der Waals surface area contributed by atoms with Crippen LogP contribution in [0, 0.1) is 5.82 Å². The van der Waals surface area contributed by atoms with E-state index in [9.17, 15) is 18.8 Å². The number of carbonyl (C=O) groups excluding carboxylic acids is 3. The number of carbonyl (C=O) groups is 3. The van der Waals surface area contributed by atoms with Gasteiger partial charge in [-0.2, -0.15) is 0 Å². The average molecular weight is 347 g/mol. The van der Waals surface area contributed by atoms with E-state index in [2.05, 4.69) is 0 Å². The highest BCUT2D eigenvalue weighted by Crippen LogP contribution is 2.42. The standard InChI is InChI=1S/C16H14FN3O5/c17-11-4-8(20-6-13(15(18)22)25-16(20)23)5-12-14(11)19-2-1-10(21)3-9(19)7-24-12/h1-2,4-5,9,13H,3,6-7H2,(H2,18,22)/t9?,13-/m1/s1. The number of primary amides is 1. The van der Waals surface area contributed by atoms with Crippen LogP contribution in [0.2, 0.25) is 0 Å². The molecule has 1 unspecified atom stereocenters. The number of cyclic esters (lactones) is 1. The molecule has 3 aliphatic rings. The molecule has 3 aliphatic heterocycles. The summed E-state index contributed by atoms with van der Waals surface area (Å²) in [5.41, 5.74) is 5.56. The minimum Gasteiger partial charge on any atom is -0.489 e. The Hall–Kier alpha value is -3.10. The van der Waals surface area contributed by atoms with Gasteiger partial charge in [-0.15, -0.1) is 0 Å². The molecule has 1 saturated heterocycles. The van der Waals surface area contributed by atoms with Gasteiger partial charge in [0.1, 0.15) is 18.0 Å². The Morgan fingerprint density at radius 3 is 2.84 bits per heavy atom. The van der Waals surface area contributed by atoms with Crippen LogP contribution in [0.4, 0.5) is 20.6 Å². The van der Waals surface area contributed by atoms with Gasteiger partial charge >= 0.3 is 6.09 Å². The average Bonchev–Trinajstić information content (AvgIpc) is 2.96. The van der Waals surface area contributed by atoms with Gasteiger partial charge in [0.05, 0.1) is 18.3 Å². The summed E-state index contributed by atoms with van der Waals surface area (Å²) in [6.07, 6.45) is 1.33. The summed E-state index contributed by atoms with van der Waals surface area (Å²) in [5, 5.41) is 0. The van der Waals surface area contributed by atoms with E-state index in [1.807, 2.05) is 0 Å². The molecular formula is C16H14FN3O5. The third-order valence-corrected chi connectivity index (χ3v) is 4.39.